The van der Waals surface area contributed by atoms with Gasteiger partial charge in [0.2, 0.25) is 0 Å². The summed E-state index contributed by atoms with van der Waals surface area (Å²) in [4.78, 5) is 1.77. The highest BCUT2D eigenvalue weighted by atomic mass is 19.4. The van der Waals surface area contributed by atoms with Crippen LogP contribution in [-0.2, 0) is 6.18 Å². The van der Waals surface area contributed by atoms with Gasteiger partial charge >= 0.3 is 6.18 Å². The van der Waals surface area contributed by atoms with Crippen LogP contribution in [0.25, 0.3) is 0 Å². The number of halogens is 3. The van der Waals surface area contributed by atoms with Crippen LogP contribution in [0.1, 0.15) is 12.0 Å². The summed E-state index contributed by atoms with van der Waals surface area (Å²) in [6.45, 7) is 0.179. The van der Waals surface area contributed by atoms with Gasteiger partial charge in [-0.25, -0.2) is 0 Å². The third kappa shape index (κ3) is 3.51. The molecule has 7 heteroatoms. The molecule has 2 aromatic rings. The average molecular weight is 353 g/mol. The fraction of sp³-hybridized carbons (Fsp3) is 0.333. The average Bonchev–Trinajstić information content (AvgIpc) is 2.60. The van der Waals surface area contributed by atoms with E-state index < -0.39 is 11.7 Å². The van der Waals surface area contributed by atoms with Crippen LogP contribution in [0.15, 0.2) is 42.5 Å². The van der Waals surface area contributed by atoms with Gasteiger partial charge in [-0.1, -0.05) is 6.07 Å². The quantitative estimate of drug-likeness (QED) is 0.902. The zero-order valence-electron chi connectivity index (χ0n) is 13.6. The molecule has 0 saturated heterocycles. The Hall–Kier alpha value is -2.41. The molecule has 0 aliphatic carbocycles. The molecule has 3 rings (SSSR count). The van der Waals surface area contributed by atoms with E-state index in [1.54, 1.807) is 29.2 Å². The number of nitrogens with zero attached hydrogens (tertiary/aromatic N) is 1. The molecule has 0 fully saturated rings. The minimum Gasteiger partial charge on any atom is -0.497 e. The summed E-state index contributed by atoms with van der Waals surface area (Å²) in [5, 5.41) is 9.33. The van der Waals surface area contributed by atoms with Gasteiger partial charge in [-0.05, 0) is 36.8 Å². The minimum absolute atomic E-state index is 0.0945. The van der Waals surface area contributed by atoms with Crippen LogP contribution in [-0.4, -0.2) is 31.5 Å². The first-order valence-corrected chi connectivity index (χ1v) is 7.82. The lowest BCUT2D eigenvalue weighted by Gasteiger charge is -2.38. The highest BCUT2D eigenvalue weighted by Crippen LogP contribution is 2.43. The maximum Gasteiger partial charge on any atom is 0.416 e. The monoisotopic (exact) mass is 353 g/mol. The molecule has 134 valence electrons. The summed E-state index contributed by atoms with van der Waals surface area (Å²) in [5.74, 6) is 1.14. The minimum atomic E-state index is -4.42. The Labute approximate surface area is 143 Å². The molecule has 0 bridgehead atoms. The van der Waals surface area contributed by atoms with E-state index in [0.717, 1.165) is 12.1 Å². The number of anilines is 2. The van der Waals surface area contributed by atoms with Crippen LogP contribution in [0.4, 0.5) is 24.5 Å². The first kappa shape index (κ1) is 17.4. The number of alkyl halides is 3. The van der Waals surface area contributed by atoms with Crippen molar-refractivity contribution in [3.05, 3.63) is 48.0 Å². The number of fused-ring (bicyclic) bond motifs is 1. The molecule has 4 nitrogen and oxygen atoms in total. The maximum atomic E-state index is 13.1. The van der Waals surface area contributed by atoms with Gasteiger partial charge < -0.3 is 19.5 Å². The van der Waals surface area contributed by atoms with Gasteiger partial charge in [-0.15, -0.1) is 0 Å². The van der Waals surface area contributed by atoms with Crippen LogP contribution in [0.3, 0.4) is 0 Å². The van der Waals surface area contributed by atoms with E-state index in [9.17, 15) is 18.3 Å². The number of ether oxygens (including phenoxy) is 2. The normalized spacial score (nSPS) is 17.0. The lowest BCUT2D eigenvalue weighted by Crippen LogP contribution is -2.40. The molecule has 1 unspecified atom stereocenters. The van der Waals surface area contributed by atoms with Crippen molar-refractivity contribution < 1.29 is 27.8 Å². The van der Waals surface area contributed by atoms with Gasteiger partial charge in [-0.2, -0.15) is 13.2 Å². The summed E-state index contributed by atoms with van der Waals surface area (Å²) in [7, 11) is 1.52. The van der Waals surface area contributed by atoms with Crippen LogP contribution in [0.2, 0.25) is 0 Å². The summed E-state index contributed by atoms with van der Waals surface area (Å²) >= 11 is 0. The Morgan fingerprint density at radius 1 is 1.24 bits per heavy atom. The standard InChI is InChI=1S/C18H18F3NO3/c1-24-15-5-6-17-16(10-15)22(14(7-8-23)11-25-17)13-4-2-3-12(9-13)18(19,20)21/h2-6,9-10,14,23H,7-8,11H2,1H3. The number of hydrogen-bond acceptors (Lipinski definition) is 4. The fourth-order valence-corrected chi connectivity index (χ4v) is 2.94. The molecule has 0 aromatic heterocycles. The van der Waals surface area contributed by atoms with Crippen LogP contribution < -0.4 is 14.4 Å². The largest absolute Gasteiger partial charge is 0.497 e. The zero-order valence-corrected chi connectivity index (χ0v) is 13.6. The molecular formula is C18H18F3NO3. The van der Waals surface area contributed by atoms with Gasteiger partial charge in [0.05, 0.1) is 24.4 Å². The summed E-state index contributed by atoms with van der Waals surface area (Å²) in [6.07, 6.45) is -4.06. The van der Waals surface area contributed by atoms with Gasteiger partial charge in [0.25, 0.3) is 0 Å². The van der Waals surface area contributed by atoms with Crippen molar-refractivity contribution in [2.75, 3.05) is 25.2 Å². The van der Waals surface area contributed by atoms with Crippen molar-refractivity contribution >= 4 is 11.4 Å². The summed E-state index contributed by atoms with van der Waals surface area (Å²) in [5.41, 5.74) is 0.290. The number of benzene rings is 2. The Morgan fingerprint density at radius 2 is 2.04 bits per heavy atom. The van der Waals surface area contributed by atoms with Crippen molar-refractivity contribution in [3.63, 3.8) is 0 Å². The zero-order chi connectivity index (χ0) is 18.0. The summed E-state index contributed by atoms with van der Waals surface area (Å²) < 4.78 is 50.2. The molecule has 0 amide bonds. The maximum absolute atomic E-state index is 13.1. The SMILES string of the molecule is COc1ccc2c(c1)N(c1cccc(C(F)(F)F)c1)C(CCO)CO2. The smallest absolute Gasteiger partial charge is 0.416 e. The van der Waals surface area contributed by atoms with E-state index in [4.69, 9.17) is 9.47 Å². The molecule has 1 N–H and O–H groups in total. The molecule has 1 aliphatic rings. The van der Waals surface area contributed by atoms with Crippen molar-refractivity contribution in [3.8, 4) is 11.5 Å². The molecule has 0 radical (unpaired) electrons. The number of aliphatic hydroxyl groups excluding tert-OH is 1. The highest BCUT2D eigenvalue weighted by Gasteiger charge is 2.33. The summed E-state index contributed by atoms with van der Waals surface area (Å²) in [6, 6.07) is 10.0. The van der Waals surface area contributed by atoms with Gasteiger partial charge in [0, 0.05) is 18.4 Å². The first-order chi connectivity index (χ1) is 11.9. The van der Waals surface area contributed by atoms with E-state index in [0.29, 0.717) is 29.3 Å². The number of methoxy groups -OCH3 is 1. The van der Waals surface area contributed by atoms with Crippen molar-refractivity contribution in [2.24, 2.45) is 0 Å². The molecule has 25 heavy (non-hydrogen) atoms. The molecular weight excluding hydrogens is 335 g/mol. The van der Waals surface area contributed by atoms with Crippen LogP contribution in [0, 0.1) is 0 Å². The van der Waals surface area contributed by atoms with E-state index in [1.165, 1.54) is 13.2 Å². The Morgan fingerprint density at radius 3 is 2.72 bits per heavy atom. The van der Waals surface area contributed by atoms with Crippen molar-refractivity contribution in [1.29, 1.82) is 0 Å². The second-order valence-corrected chi connectivity index (χ2v) is 5.73. The fourth-order valence-electron chi connectivity index (χ4n) is 2.94. The lowest BCUT2D eigenvalue weighted by molar-refractivity contribution is -0.137. The van der Waals surface area contributed by atoms with Crippen LogP contribution >= 0.6 is 0 Å². The molecule has 1 heterocycles. The van der Waals surface area contributed by atoms with Crippen LogP contribution in [0.5, 0.6) is 11.5 Å². The lowest BCUT2D eigenvalue weighted by atomic mass is 10.1. The van der Waals surface area contributed by atoms with E-state index >= 15 is 0 Å². The molecule has 2 aromatic carbocycles. The number of rotatable bonds is 4. The number of aliphatic hydroxyl groups is 1. The van der Waals surface area contributed by atoms with Crippen molar-refractivity contribution in [2.45, 2.75) is 18.6 Å². The van der Waals surface area contributed by atoms with E-state index in [1.807, 2.05) is 0 Å². The Bertz CT molecular complexity index is 749. The second-order valence-electron chi connectivity index (χ2n) is 5.73. The molecule has 1 aliphatic heterocycles. The van der Waals surface area contributed by atoms with Gasteiger partial charge in [0.1, 0.15) is 18.1 Å². The second kappa shape index (κ2) is 6.84. The topological polar surface area (TPSA) is 41.9 Å². The Kier molecular flexibility index (Phi) is 4.76. The molecule has 0 spiro atoms. The van der Waals surface area contributed by atoms with E-state index in [-0.39, 0.29) is 19.3 Å². The number of hydrogen-bond donors (Lipinski definition) is 1. The molecule has 0 saturated carbocycles. The van der Waals surface area contributed by atoms with Crippen molar-refractivity contribution in [1.82, 2.24) is 0 Å². The molecule has 1 atom stereocenters. The van der Waals surface area contributed by atoms with Gasteiger partial charge in [0.15, 0.2) is 0 Å². The third-order valence-electron chi connectivity index (χ3n) is 4.14. The third-order valence-corrected chi connectivity index (χ3v) is 4.14. The first-order valence-electron chi connectivity index (χ1n) is 7.82. The van der Waals surface area contributed by atoms with Gasteiger partial charge in [-0.3, -0.25) is 0 Å². The Balaban J connectivity index is 2.10. The highest BCUT2D eigenvalue weighted by molar-refractivity contribution is 5.73. The predicted molar refractivity (Wildman–Crippen MR) is 87.6 cm³/mol. The predicted octanol–water partition coefficient (Wildman–Crippen LogP) is 4.00. The van der Waals surface area contributed by atoms with E-state index in [2.05, 4.69) is 0 Å².